The van der Waals surface area contributed by atoms with Crippen LogP contribution in [0.25, 0.3) is 0 Å². The Morgan fingerprint density at radius 3 is 2.61 bits per heavy atom. The van der Waals surface area contributed by atoms with Crippen LogP contribution in [0.1, 0.15) is 68.6 Å². The van der Waals surface area contributed by atoms with Gasteiger partial charge in [-0.2, -0.15) is 5.10 Å². The summed E-state index contributed by atoms with van der Waals surface area (Å²) in [6.07, 6.45) is 4.28. The Labute approximate surface area is 173 Å². The Morgan fingerprint density at radius 1 is 1.21 bits per heavy atom. The molecular weight excluding hydrogens is 378 g/mol. The third-order valence-electron chi connectivity index (χ3n) is 5.84. The second-order valence-corrected chi connectivity index (χ2v) is 9.12. The Morgan fingerprint density at radius 2 is 1.96 bits per heavy atom. The summed E-state index contributed by atoms with van der Waals surface area (Å²) in [5, 5.41) is 7.82. The van der Waals surface area contributed by atoms with E-state index >= 15 is 0 Å². The average Bonchev–Trinajstić information content (AvgIpc) is 3.38. The lowest BCUT2D eigenvalue weighted by atomic mass is 10.0. The van der Waals surface area contributed by atoms with Crippen molar-refractivity contribution >= 4 is 24.2 Å². The fraction of sp³-hybridized carbons (Fsp3) is 0.750. The van der Waals surface area contributed by atoms with Crippen LogP contribution in [-0.4, -0.2) is 70.2 Å². The minimum atomic E-state index is -0.131. The molecule has 2 saturated heterocycles. The number of aromatic nitrogens is 2. The maximum atomic E-state index is 13.2. The van der Waals surface area contributed by atoms with E-state index < -0.39 is 0 Å². The molecule has 0 aromatic carbocycles. The van der Waals surface area contributed by atoms with E-state index in [2.05, 4.69) is 26.1 Å². The molecule has 1 N–H and O–H groups in total. The lowest BCUT2D eigenvalue weighted by Crippen LogP contribution is -2.57. The molecule has 1 aliphatic carbocycles. The number of piperidine rings is 1. The largest absolute Gasteiger partial charge is 0.336 e. The molecule has 8 heteroatoms. The van der Waals surface area contributed by atoms with Crippen molar-refractivity contribution in [3.8, 4) is 0 Å². The zero-order valence-corrected chi connectivity index (χ0v) is 17.9. The quantitative estimate of drug-likeness (QED) is 0.828. The van der Waals surface area contributed by atoms with Crippen LogP contribution >= 0.6 is 12.4 Å². The number of halogens is 1. The SMILES string of the molecule is CC(C)(C)n1nc(C(=O)N2CCCC(N3CCNCC3=O)C2)cc1C1CC1.Cl. The summed E-state index contributed by atoms with van der Waals surface area (Å²) in [6, 6.07) is 2.13. The molecule has 3 aliphatic rings. The van der Waals surface area contributed by atoms with E-state index in [1.54, 1.807) is 0 Å². The number of nitrogens with zero attached hydrogens (tertiary/aromatic N) is 4. The molecule has 1 saturated carbocycles. The third-order valence-corrected chi connectivity index (χ3v) is 5.84. The van der Waals surface area contributed by atoms with Crippen molar-refractivity contribution in [1.29, 1.82) is 0 Å². The van der Waals surface area contributed by atoms with Gasteiger partial charge in [0, 0.05) is 43.8 Å². The summed E-state index contributed by atoms with van der Waals surface area (Å²) in [5.41, 5.74) is 1.62. The van der Waals surface area contributed by atoms with Gasteiger partial charge in [0.1, 0.15) is 0 Å². The molecule has 2 amide bonds. The summed E-state index contributed by atoms with van der Waals surface area (Å²) in [6.45, 7) is 9.73. The number of hydrogen-bond acceptors (Lipinski definition) is 4. The van der Waals surface area contributed by atoms with Crippen LogP contribution in [0.3, 0.4) is 0 Å². The van der Waals surface area contributed by atoms with Crippen molar-refractivity contribution in [3.63, 3.8) is 0 Å². The smallest absolute Gasteiger partial charge is 0.274 e. The number of amides is 2. The summed E-state index contributed by atoms with van der Waals surface area (Å²) in [4.78, 5) is 29.3. The van der Waals surface area contributed by atoms with Gasteiger partial charge in [-0.05, 0) is 52.5 Å². The molecule has 28 heavy (non-hydrogen) atoms. The van der Waals surface area contributed by atoms with Crippen molar-refractivity contribution in [2.24, 2.45) is 0 Å². The first-order valence-corrected chi connectivity index (χ1v) is 10.2. The highest BCUT2D eigenvalue weighted by atomic mass is 35.5. The summed E-state index contributed by atoms with van der Waals surface area (Å²) >= 11 is 0. The van der Waals surface area contributed by atoms with Gasteiger partial charge in [-0.15, -0.1) is 12.4 Å². The molecule has 1 aromatic rings. The van der Waals surface area contributed by atoms with Crippen LogP contribution in [0, 0.1) is 0 Å². The van der Waals surface area contributed by atoms with E-state index in [0.717, 1.165) is 32.5 Å². The molecular formula is C20H32ClN5O2. The molecule has 0 bridgehead atoms. The highest BCUT2D eigenvalue weighted by molar-refractivity contribution is 5.92. The minimum Gasteiger partial charge on any atom is -0.336 e. The average molecular weight is 410 g/mol. The molecule has 3 fully saturated rings. The molecule has 1 atom stereocenters. The van der Waals surface area contributed by atoms with E-state index in [0.29, 0.717) is 24.7 Å². The van der Waals surface area contributed by atoms with Crippen molar-refractivity contribution in [2.45, 2.75) is 64.0 Å². The van der Waals surface area contributed by atoms with E-state index in [-0.39, 0.29) is 35.8 Å². The number of carbonyl (C=O) groups excluding carboxylic acids is 2. The Hall–Kier alpha value is -1.60. The lowest BCUT2D eigenvalue weighted by molar-refractivity contribution is -0.135. The molecule has 1 aromatic heterocycles. The van der Waals surface area contributed by atoms with E-state index in [4.69, 9.17) is 5.10 Å². The van der Waals surface area contributed by atoms with E-state index in [1.165, 1.54) is 18.5 Å². The topological polar surface area (TPSA) is 70.5 Å². The monoisotopic (exact) mass is 409 g/mol. The van der Waals surface area contributed by atoms with Crippen molar-refractivity contribution in [2.75, 3.05) is 32.7 Å². The number of rotatable bonds is 3. The first-order chi connectivity index (χ1) is 12.8. The zero-order valence-electron chi connectivity index (χ0n) is 17.1. The predicted molar refractivity (Wildman–Crippen MR) is 110 cm³/mol. The maximum Gasteiger partial charge on any atom is 0.274 e. The van der Waals surface area contributed by atoms with Crippen molar-refractivity contribution in [1.82, 2.24) is 24.9 Å². The summed E-state index contributed by atoms with van der Waals surface area (Å²) in [7, 11) is 0. The lowest BCUT2D eigenvalue weighted by Gasteiger charge is -2.40. The van der Waals surface area contributed by atoms with Crippen LogP contribution in [-0.2, 0) is 10.3 Å². The second-order valence-electron chi connectivity index (χ2n) is 9.12. The standard InChI is InChI=1S/C20H31N5O2.ClH/c1-20(2,3)25-17(14-6-7-14)11-16(22-25)19(27)23-9-4-5-15(13-23)24-10-8-21-12-18(24)26;/h11,14-15,21H,4-10,12-13H2,1-3H3;1H. The maximum absolute atomic E-state index is 13.2. The van der Waals surface area contributed by atoms with Gasteiger partial charge < -0.3 is 15.1 Å². The first-order valence-electron chi connectivity index (χ1n) is 10.2. The Bertz CT molecular complexity index is 737. The van der Waals surface area contributed by atoms with Crippen molar-refractivity contribution < 1.29 is 9.59 Å². The molecule has 4 rings (SSSR count). The Kier molecular flexibility index (Phi) is 6.05. The minimum absolute atomic E-state index is 0. The van der Waals surface area contributed by atoms with Crippen LogP contribution in [0.5, 0.6) is 0 Å². The van der Waals surface area contributed by atoms with Gasteiger partial charge in [0.25, 0.3) is 5.91 Å². The Balaban J connectivity index is 0.00000225. The van der Waals surface area contributed by atoms with Gasteiger partial charge in [-0.1, -0.05) is 0 Å². The van der Waals surface area contributed by atoms with Crippen LogP contribution < -0.4 is 5.32 Å². The van der Waals surface area contributed by atoms with Crippen LogP contribution in [0.2, 0.25) is 0 Å². The number of carbonyl (C=O) groups is 2. The first kappa shape index (κ1) is 21.1. The van der Waals surface area contributed by atoms with Crippen LogP contribution in [0.15, 0.2) is 6.07 Å². The van der Waals surface area contributed by atoms with Gasteiger partial charge in [-0.3, -0.25) is 14.3 Å². The van der Waals surface area contributed by atoms with Gasteiger partial charge in [0.2, 0.25) is 5.91 Å². The van der Waals surface area contributed by atoms with Gasteiger partial charge in [-0.25, -0.2) is 0 Å². The van der Waals surface area contributed by atoms with Crippen LogP contribution in [0.4, 0.5) is 0 Å². The van der Waals surface area contributed by atoms with Gasteiger partial charge in [0.05, 0.1) is 12.1 Å². The highest BCUT2D eigenvalue weighted by Gasteiger charge is 2.35. The van der Waals surface area contributed by atoms with Gasteiger partial charge >= 0.3 is 0 Å². The number of nitrogens with one attached hydrogen (secondary N) is 1. The normalized spacial score (nSPS) is 23.5. The fourth-order valence-corrected chi connectivity index (χ4v) is 4.27. The molecule has 7 nitrogen and oxygen atoms in total. The van der Waals surface area contributed by atoms with E-state index in [9.17, 15) is 9.59 Å². The number of piperazine rings is 1. The molecule has 0 radical (unpaired) electrons. The molecule has 1 unspecified atom stereocenters. The zero-order chi connectivity index (χ0) is 19.2. The second kappa shape index (κ2) is 8.03. The highest BCUT2D eigenvalue weighted by Crippen LogP contribution is 2.41. The van der Waals surface area contributed by atoms with E-state index in [1.807, 2.05) is 20.5 Å². The van der Waals surface area contributed by atoms with Crippen molar-refractivity contribution in [3.05, 3.63) is 17.5 Å². The summed E-state index contributed by atoms with van der Waals surface area (Å²) in [5.74, 6) is 0.701. The molecule has 3 heterocycles. The summed E-state index contributed by atoms with van der Waals surface area (Å²) < 4.78 is 2.04. The number of likely N-dealkylation sites (tertiary alicyclic amines) is 1. The fourth-order valence-electron chi connectivity index (χ4n) is 4.27. The third kappa shape index (κ3) is 4.20. The molecule has 156 valence electrons. The predicted octanol–water partition coefficient (Wildman–Crippen LogP) is 1.97. The molecule has 0 spiro atoms. The molecule has 2 aliphatic heterocycles. The van der Waals surface area contributed by atoms with Gasteiger partial charge in [0.15, 0.2) is 5.69 Å². The number of hydrogen-bond donors (Lipinski definition) is 1.